The average molecular weight is 388 g/mol. The van der Waals surface area contributed by atoms with Crippen LogP contribution in [0.2, 0.25) is 0 Å². The first-order valence-electron chi connectivity index (χ1n) is 9.19. The van der Waals surface area contributed by atoms with E-state index < -0.39 is 0 Å². The zero-order valence-electron chi connectivity index (χ0n) is 15.6. The summed E-state index contributed by atoms with van der Waals surface area (Å²) in [5.41, 5.74) is 1.04. The van der Waals surface area contributed by atoms with Crippen molar-refractivity contribution in [2.24, 2.45) is 0 Å². The molecule has 3 heterocycles. The van der Waals surface area contributed by atoms with Gasteiger partial charge in [0.1, 0.15) is 17.8 Å². The Morgan fingerprint density at radius 1 is 1.04 bits per heavy atom. The first kappa shape index (κ1) is 18.1. The van der Waals surface area contributed by atoms with Crippen molar-refractivity contribution in [1.82, 2.24) is 19.5 Å². The molecule has 0 bridgehead atoms. The monoisotopic (exact) mass is 388 g/mol. The van der Waals surface area contributed by atoms with E-state index in [-0.39, 0.29) is 11.9 Å². The van der Waals surface area contributed by atoms with E-state index in [9.17, 15) is 5.11 Å². The molecule has 0 amide bonds. The lowest BCUT2D eigenvalue weighted by Gasteiger charge is -2.30. The lowest BCUT2D eigenvalue weighted by molar-refractivity contribution is 0.232. The SMILES string of the molecule is COc1cc(OC)cc([C@H](c2sc3ncnn3c2O)N2CCCCCC2)c1. The van der Waals surface area contributed by atoms with Gasteiger partial charge in [0, 0.05) is 6.07 Å². The molecule has 1 saturated heterocycles. The maximum Gasteiger partial charge on any atom is 0.230 e. The van der Waals surface area contributed by atoms with E-state index in [0.717, 1.165) is 47.9 Å². The van der Waals surface area contributed by atoms with Gasteiger partial charge in [0.25, 0.3) is 0 Å². The molecule has 3 aromatic rings. The zero-order chi connectivity index (χ0) is 18.8. The van der Waals surface area contributed by atoms with E-state index in [1.165, 1.54) is 35.0 Å². The summed E-state index contributed by atoms with van der Waals surface area (Å²) in [7, 11) is 3.31. The van der Waals surface area contributed by atoms with E-state index >= 15 is 0 Å². The second kappa shape index (κ2) is 7.74. The fourth-order valence-corrected chi connectivity index (χ4v) is 4.83. The van der Waals surface area contributed by atoms with Crippen LogP contribution >= 0.6 is 11.3 Å². The number of thiazole rings is 1. The van der Waals surface area contributed by atoms with Crippen LogP contribution in [0.1, 0.15) is 42.2 Å². The van der Waals surface area contributed by atoms with Crippen LogP contribution < -0.4 is 9.47 Å². The Labute approximate surface area is 162 Å². The van der Waals surface area contributed by atoms with Crippen LogP contribution in [0, 0.1) is 0 Å². The molecule has 1 fully saturated rings. The maximum atomic E-state index is 10.8. The number of likely N-dealkylation sites (tertiary alicyclic amines) is 1. The standard InChI is InChI=1S/C19H24N4O3S/c1-25-14-9-13(10-15(11-14)26-2)16(22-7-5-3-4-6-8-22)17-18(24)23-19(27-17)20-12-21-23/h9-12,16,24H,3-8H2,1-2H3/t16-/m1/s1. The highest BCUT2D eigenvalue weighted by Crippen LogP contribution is 2.42. The van der Waals surface area contributed by atoms with Crippen molar-refractivity contribution in [2.45, 2.75) is 31.7 Å². The highest BCUT2D eigenvalue weighted by Gasteiger charge is 2.30. The van der Waals surface area contributed by atoms with E-state index in [2.05, 4.69) is 15.0 Å². The molecule has 0 saturated carbocycles. The number of fused-ring (bicyclic) bond motifs is 1. The largest absolute Gasteiger partial charge is 0.497 e. The molecule has 7 nitrogen and oxygen atoms in total. The van der Waals surface area contributed by atoms with Gasteiger partial charge in [-0.05, 0) is 43.6 Å². The Morgan fingerprint density at radius 3 is 2.30 bits per heavy atom. The van der Waals surface area contributed by atoms with Gasteiger partial charge in [0.15, 0.2) is 0 Å². The van der Waals surface area contributed by atoms with Crippen molar-refractivity contribution < 1.29 is 14.6 Å². The van der Waals surface area contributed by atoms with Crippen LogP contribution in [0.15, 0.2) is 24.5 Å². The molecule has 1 atom stereocenters. The van der Waals surface area contributed by atoms with Gasteiger partial charge < -0.3 is 14.6 Å². The van der Waals surface area contributed by atoms with Crippen LogP contribution in [0.4, 0.5) is 0 Å². The number of nitrogens with zero attached hydrogens (tertiary/aromatic N) is 4. The van der Waals surface area contributed by atoms with Crippen LogP contribution in [-0.4, -0.2) is 51.9 Å². The minimum atomic E-state index is -0.0967. The molecule has 144 valence electrons. The van der Waals surface area contributed by atoms with Crippen molar-refractivity contribution in [3.8, 4) is 17.4 Å². The second-order valence-corrected chi connectivity index (χ2v) is 7.75. The lowest BCUT2D eigenvalue weighted by Crippen LogP contribution is -2.30. The molecule has 27 heavy (non-hydrogen) atoms. The number of methoxy groups -OCH3 is 2. The van der Waals surface area contributed by atoms with E-state index in [1.807, 2.05) is 18.2 Å². The van der Waals surface area contributed by atoms with Crippen molar-refractivity contribution in [2.75, 3.05) is 27.3 Å². The number of hydrogen-bond donors (Lipinski definition) is 1. The molecular formula is C19H24N4O3S. The molecule has 0 aliphatic carbocycles. The summed E-state index contributed by atoms with van der Waals surface area (Å²) in [6.45, 7) is 1.97. The third-order valence-corrected chi connectivity index (χ3v) is 6.17. The van der Waals surface area contributed by atoms with Gasteiger partial charge in [-0.25, -0.2) is 4.98 Å². The molecular weight excluding hydrogens is 364 g/mol. The molecule has 2 aromatic heterocycles. The fraction of sp³-hybridized carbons (Fsp3) is 0.474. The fourth-order valence-electron chi connectivity index (χ4n) is 3.74. The number of aromatic nitrogens is 3. The predicted molar refractivity (Wildman–Crippen MR) is 104 cm³/mol. The van der Waals surface area contributed by atoms with Crippen LogP contribution in [-0.2, 0) is 0 Å². The van der Waals surface area contributed by atoms with Crippen LogP contribution in [0.25, 0.3) is 4.96 Å². The smallest absolute Gasteiger partial charge is 0.230 e. The molecule has 0 radical (unpaired) electrons. The number of rotatable bonds is 5. The lowest BCUT2D eigenvalue weighted by atomic mass is 10.0. The molecule has 8 heteroatoms. The van der Waals surface area contributed by atoms with Crippen molar-refractivity contribution in [1.29, 1.82) is 0 Å². The summed E-state index contributed by atoms with van der Waals surface area (Å²) in [6, 6.07) is 5.81. The third kappa shape index (κ3) is 3.46. The van der Waals surface area contributed by atoms with Gasteiger partial charge in [0.05, 0.1) is 25.1 Å². The van der Waals surface area contributed by atoms with Gasteiger partial charge >= 0.3 is 0 Å². The Bertz CT molecular complexity index is 893. The summed E-state index contributed by atoms with van der Waals surface area (Å²) in [6.07, 6.45) is 6.25. The highest BCUT2D eigenvalue weighted by molar-refractivity contribution is 7.17. The average Bonchev–Trinajstić information content (AvgIpc) is 3.15. The minimum Gasteiger partial charge on any atom is -0.497 e. The Balaban J connectivity index is 1.85. The van der Waals surface area contributed by atoms with Gasteiger partial charge in [0.2, 0.25) is 10.8 Å². The quantitative estimate of drug-likeness (QED) is 0.721. The summed E-state index contributed by atoms with van der Waals surface area (Å²) in [5.74, 6) is 1.63. The first-order valence-corrected chi connectivity index (χ1v) is 10.0. The first-order chi connectivity index (χ1) is 13.2. The Hall–Kier alpha value is -2.32. The predicted octanol–water partition coefficient (Wildman–Crippen LogP) is 3.48. The minimum absolute atomic E-state index is 0.0967. The topological polar surface area (TPSA) is 72.1 Å². The molecule has 1 N–H and O–H groups in total. The van der Waals surface area contributed by atoms with Gasteiger partial charge in [-0.3, -0.25) is 4.90 Å². The Morgan fingerprint density at radius 2 is 1.70 bits per heavy atom. The van der Waals surface area contributed by atoms with Crippen molar-refractivity contribution in [3.05, 3.63) is 35.0 Å². The molecule has 1 aliphatic heterocycles. The highest BCUT2D eigenvalue weighted by atomic mass is 32.1. The molecule has 4 rings (SSSR count). The molecule has 1 aromatic carbocycles. The van der Waals surface area contributed by atoms with Crippen LogP contribution in [0.3, 0.4) is 0 Å². The van der Waals surface area contributed by atoms with Gasteiger partial charge in [-0.1, -0.05) is 24.2 Å². The summed E-state index contributed by atoms with van der Waals surface area (Å²) >= 11 is 1.48. The van der Waals surface area contributed by atoms with Crippen LogP contribution in [0.5, 0.6) is 17.4 Å². The summed E-state index contributed by atoms with van der Waals surface area (Å²) in [4.78, 5) is 8.23. The second-order valence-electron chi connectivity index (χ2n) is 6.74. The van der Waals surface area contributed by atoms with Crippen molar-refractivity contribution in [3.63, 3.8) is 0 Å². The zero-order valence-corrected chi connectivity index (χ0v) is 16.4. The third-order valence-electron chi connectivity index (χ3n) is 5.08. The van der Waals surface area contributed by atoms with E-state index in [1.54, 1.807) is 14.2 Å². The van der Waals surface area contributed by atoms with E-state index in [0.29, 0.717) is 4.96 Å². The number of aromatic hydroxyl groups is 1. The normalized spacial score (nSPS) is 17.0. The molecule has 1 aliphatic rings. The number of hydrogen-bond acceptors (Lipinski definition) is 7. The summed E-state index contributed by atoms with van der Waals surface area (Å²) in [5, 5.41) is 15.0. The van der Waals surface area contributed by atoms with Gasteiger partial charge in [-0.15, -0.1) is 0 Å². The van der Waals surface area contributed by atoms with Crippen molar-refractivity contribution >= 4 is 16.3 Å². The summed E-state index contributed by atoms with van der Waals surface area (Å²) < 4.78 is 12.5. The number of benzene rings is 1. The maximum absolute atomic E-state index is 10.8. The molecule has 0 spiro atoms. The number of ether oxygens (including phenoxy) is 2. The van der Waals surface area contributed by atoms with E-state index in [4.69, 9.17) is 9.47 Å². The molecule has 0 unspecified atom stereocenters. The Kier molecular flexibility index (Phi) is 5.18. The van der Waals surface area contributed by atoms with Gasteiger partial charge in [-0.2, -0.15) is 9.61 Å².